The van der Waals surface area contributed by atoms with E-state index < -0.39 is 16.8 Å². The first-order chi connectivity index (χ1) is 7.61. The predicted molar refractivity (Wildman–Crippen MR) is 64.5 cm³/mol. The van der Waals surface area contributed by atoms with Gasteiger partial charge in [-0.1, -0.05) is 29.8 Å². The van der Waals surface area contributed by atoms with Crippen LogP contribution in [0.25, 0.3) is 0 Å². The maximum absolute atomic E-state index is 11.6. The number of aryl methyl sites for hydroxylation is 1. The highest BCUT2D eigenvalue weighted by Gasteiger charge is 2.09. The first kappa shape index (κ1) is 12.9. The molecule has 0 amide bonds. The zero-order valence-electron chi connectivity index (χ0n) is 9.56. The molecule has 4 heteroatoms. The van der Waals surface area contributed by atoms with Crippen LogP contribution in [0.4, 0.5) is 0 Å². The quantitative estimate of drug-likeness (QED) is 0.737. The molecular weight excluding hydrogens is 224 g/mol. The second-order valence-electron chi connectivity index (χ2n) is 3.52. The minimum atomic E-state index is -1.19. The minimum absolute atomic E-state index is 0.0260. The Kier molecular flexibility index (Phi) is 5.19. The van der Waals surface area contributed by atoms with Crippen molar-refractivity contribution >= 4 is 16.8 Å². The number of benzene rings is 1. The molecule has 1 unspecified atom stereocenters. The lowest BCUT2D eigenvalue weighted by atomic mass is 10.2. The summed E-state index contributed by atoms with van der Waals surface area (Å²) < 4.78 is 16.4. The molecule has 0 spiro atoms. The average Bonchev–Trinajstić information content (AvgIpc) is 2.17. The van der Waals surface area contributed by atoms with Crippen molar-refractivity contribution < 1.29 is 13.7 Å². The fourth-order valence-electron chi connectivity index (χ4n) is 1.37. The average molecular weight is 240 g/mol. The summed E-state index contributed by atoms with van der Waals surface area (Å²) in [4.78, 5) is 11.1. The van der Waals surface area contributed by atoms with Crippen molar-refractivity contribution in [2.24, 2.45) is 0 Å². The smallest absolute Gasteiger partial charge is 0.318 e. The summed E-state index contributed by atoms with van der Waals surface area (Å²) in [6, 6.07) is 7.79. The van der Waals surface area contributed by atoms with Gasteiger partial charge in [-0.05, 0) is 19.4 Å². The molecule has 0 fully saturated rings. The molecule has 0 bridgehead atoms. The van der Waals surface area contributed by atoms with Gasteiger partial charge in [0.15, 0.2) is 0 Å². The Hall–Kier alpha value is -1.16. The first-order valence-electron chi connectivity index (χ1n) is 5.18. The molecule has 0 saturated carbocycles. The Labute approximate surface area is 98.3 Å². The third-order valence-electron chi connectivity index (χ3n) is 1.99. The van der Waals surface area contributed by atoms with Crippen molar-refractivity contribution in [3.63, 3.8) is 0 Å². The van der Waals surface area contributed by atoms with Crippen LogP contribution < -0.4 is 0 Å². The van der Waals surface area contributed by atoms with Gasteiger partial charge in [-0.25, -0.2) is 0 Å². The Bertz CT molecular complexity index is 388. The Morgan fingerprint density at radius 3 is 2.81 bits per heavy atom. The van der Waals surface area contributed by atoms with Crippen molar-refractivity contribution in [3.8, 4) is 0 Å². The maximum atomic E-state index is 11.6. The number of ether oxygens (including phenoxy) is 1. The van der Waals surface area contributed by atoms with Gasteiger partial charge in [0.25, 0.3) is 0 Å². The van der Waals surface area contributed by atoms with Gasteiger partial charge in [0, 0.05) is 16.6 Å². The van der Waals surface area contributed by atoms with Gasteiger partial charge >= 0.3 is 5.97 Å². The van der Waals surface area contributed by atoms with Crippen molar-refractivity contribution in [2.45, 2.75) is 19.6 Å². The maximum Gasteiger partial charge on any atom is 0.318 e. The Balaban J connectivity index is 2.48. The molecule has 0 N–H and O–H groups in total. The number of hydrogen-bond acceptors (Lipinski definition) is 3. The zero-order valence-corrected chi connectivity index (χ0v) is 10.4. The van der Waals surface area contributed by atoms with Crippen molar-refractivity contribution in [1.29, 1.82) is 0 Å². The molecule has 1 atom stereocenters. The number of rotatable bonds is 5. The molecular formula is C12H16O3S. The van der Waals surface area contributed by atoms with E-state index in [4.69, 9.17) is 4.74 Å². The number of carbonyl (C=O) groups is 1. The highest BCUT2D eigenvalue weighted by molar-refractivity contribution is 7.84. The lowest BCUT2D eigenvalue weighted by molar-refractivity contribution is -0.139. The summed E-state index contributed by atoms with van der Waals surface area (Å²) in [6.07, 6.45) is 0. The SMILES string of the molecule is CCOC(=O)CS(=O)Cc1cccc(C)c1. The van der Waals surface area contributed by atoms with Gasteiger partial charge in [-0.2, -0.15) is 0 Å². The van der Waals surface area contributed by atoms with E-state index in [0.717, 1.165) is 11.1 Å². The van der Waals surface area contributed by atoms with Crippen LogP contribution in [0, 0.1) is 6.92 Å². The second kappa shape index (κ2) is 6.43. The van der Waals surface area contributed by atoms with Gasteiger partial charge in [-0.15, -0.1) is 0 Å². The van der Waals surface area contributed by atoms with E-state index in [9.17, 15) is 9.00 Å². The molecule has 1 aromatic rings. The monoisotopic (exact) mass is 240 g/mol. The molecule has 1 rings (SSSR count). The molecule has 0 radical (unpaired) electrons. The van der Waals surface area contributed by atoms with Crippen LogP contribution in [-0.2, 0) is 26.1 Å². The molecule has 1 aromatic carbocycles. The van der Waals surface area contributed by atoms with Crippen LogP contribution in [0.1, 0.15) is 18.1 Å². The molecule has 0 aliphatic heterocycles. The van der Waals surface area contributed by atoms with Gasteiger partial charge in [-0.3, -0.25) is 9.00 Å². The highest BCUT2D eigenvalue weighted by Crippen LogP contribution is 2.07. The fraction of sp³-hybridized carbons (Fsp3) is 0.417. The van der Waals surface area contributed by atoms with Crippen LogP contribution in [0.2, 0.25) is 0 Å². The van der Waals surface area contributed by atoms with E-state index in [1.165, 1.54) is 0 Å². The summed E-state index contributed by atoms with van der Waals surface area (Å²) in [6.45, 7) is 4.06. The molecule has 0 aromatic heterocycles. The fourth-order valence-corrected chi connectivity index (χ4v) is 2.37. The van der Waals surface area contributed by atoms with Gasteiger partial charge < -0.3 is 4.74 Å². The summed E-state index contributed by atoms with van der Waals surface area (Å²) in [5.74, 6) is -0.0177. The number of carbonyl (C=O) groups excluding carboxylic acids is 1. The molecule has 0 saturated heterocycles. The number of esters is 1. The van der Waals surface area contributed by atoms with E-state index in [2.05, 4.69) is 0 Å². The summed E-state index contributed by atoms with van der Waals surface area (Å²) in [7, 11) is -1.19. The summed E-state index contributed by atoms with van der Waals surface area (Å²) >= 11 is 0. The van der Waals surface area contributed by atoms with Gasteiger partial charge in [0.2, 0.25) is 0 Å². The van der Waals surface area contributed by atoms with Crippen LogP contribution in [0.15, 0.2) is 24.3 Å². The van der Waals surface area contributed by atoms with Crippen LogP contribution in [-0.4, -0.2) is 22.5 Å². The first-order valence-corrected chi connectivity index (χ1v) is 6.66. The van der Waals surface area contributed by atoms with Crippen molar-refractivity contribution in [1.82, 2.24) is 0 Å². The molecule has 0 heterocycles. The minimum Gasteiger partial charge on any atom is -0.465 e. The van der Waals surface area contributed by atoms with Crippen molar-refractivity contribution in [2.75, 3.05) is 12.4 Å². The lowest BCUT2D eigenvalue weighted by Crippen LogP contribution is -2.15. The predicted octanol–water partition coefficient (Wildman–Crippen LogP) is 1.81. The Morgan fingerprint density at radius 1 is 1.44 bits per heavy atom. The summed E-state index contributed by atoms with van der Waals surface area (Å²) in [5, 5.41) is 0. The van der Waals surface area contributed by atoms with Gasteiger partial charge in [0.05, 0.1) is 6.61 Å². The van der Waals surface area contributed by atoms with Crippen LogP contribution in [0.5, 0.6) is 0 Å². The largest absolute Gasteiger partial charge is 0.465 e. The standard InChI is InChI=1S/C12H16O3S/c1-3-15-12(13)9-16(14)8-11-6-4-5-10(2)7-11/h4-7H,3,8-9H2,1-2H3. The topological polar surface area (TPSA) is 43.4 Å². The molecule has 3 nitrogen and oxygen atoms in total. The third-order valence-corrected chi connectivity index (χ3v) is 3.21. The second-order valence-corrected chi connectivity index (χ2v) is 4.98. The molecule has 0 aliphatic rings. The van der Waals surface area contributed by atoms with E-state index in [-0.39, 0.29) is 5.75 Å². The Morgan fingerprint density at radius 2 is 2.19 bits per heavy atom. The molecule has 16 heavy (non-hydrogen) atoms. The van der Waals surface area contributed by atoms with E-state index in [1.54, 1.807) is 6.92 Å². The van der Waals surface area contributed by atoms with E-state index >= 15 is 0 Å². The van der Waals surface area contributed by atoms with Gasteiger partial charge in [0.1, 0.15) is 5.75 Å². The molecule has 88 valence electrons. The normalized spacial score (nSPS) is 12.1. The highest BCUT2D eigenvalue weighted by atomic mass is 32.2. The van der Waals surface area contributed by atoms with Crippen LogP contribution >= 0.6 is 0 Å². The summed E-state index contributed by atoms with van der Waals surface area (Å²) in [5.41, 5.74) is 2.12. The third kappa shape index (κ3) is 4.57. The van der Waals surface area contributed by atoms with Crippen LogP contribution in [0.3, 0.4) is 0 Å². The number of hydrogen-bond donors (Lipinski definition) is 0. The molecule has 0 aliphatic carbocycles. The van der Waals surface area contributed by atoms with E-state index in [1.807, 2.05) is 31.2 Å². The van der Waals surface area contributed by atoms with E-state index in [0.29, 0.717) is 12.4 Å². The zero-order chi connectivity index (χ0) is 12.0. The lowest BCUT2D eigenvalue weighted by Gasteiger charge is -2.03. The van der Waals surface area contributed by atoms with Crippen molar-refractivity contribution in [3.05, 3.63) is 35.4 Å².